The first-order valence-corrected chi connectivity index (χ1v) is 8.37. The van der Waals surface area contributed by atoms with Crippen molar-refractivity contribution >= 4 is 29.0 Å². The van der Waals surface area contributed by atoms with Crippen molar-refractivity contribution in [3.8, 4) is 5.75 Å². The van der Waals surface area contributed by atoms with Crippen LogP contribution in [0.15, 0.2) is 48.5 Å². The molecule has 0 bridgehead atoms. The van der Waals surface area contributed by atoms with Crippen LogP contribution in [0.3, 0.4) is 0 Å². The zero-order valence-corrected chi connectivity index (χ0v) is 15.4. The first-order chi connectivity index (χ1) is 12.0. The monoisotopic (exact) mass is 358 g/mol. The van der Waals surface area contributed by atoms with Crippen LogP contribution in [0.5, 0.6) is 5.75 Å². The summed E-state index contributed by atoms with van der Waals surface area (Å²) in [6.07, 6.45) is 0.154. The molecule has 132 valence electrons. The number of benzene rings is 2. The maximum absolute atomic E-state index is 11.5. The van der Waals surface area contributed by atoms with E-state index in [9.17, 15) is 4.79 Å². The maximum Gasteiger partial charge on any atom is 0.337 e. The number of ether oxygens (including phenoxy) is 2. The molecule has 2 N–H and O–H groups in total. The van der Waals surface area contributed by atoms with E-state index in [0.717, 1.165) is 17.0 Å². The third-order valence-corrected chi connectivity index (χ3v) is 3.54. The Kier molecular flexibility index (Phi) is 6.77. The molecule has 25 heavy (non-hydrogen) atoms. The molecule has 0 saturated carbocycles. The van der Waals surface area contributed by atoms with Gasteiger partial charge in [0, 0.05) is 12.2 Å². The molecule has 5 nitrogen and oxygen atoms in total. The summed E-state index contributed by atoms with van der Waals surface area (Å²) >= 11 is 5.29. The van der Waals surface area contributed by atoms with Crippen LogP contribution in [0.2, 0.25) is 0 Å². The molecule has 0 unspecified atom stereocenters. The van der Waals surface area contributed by atoms with Gasteiger partial charge in [0.05, 0.1) is 18.8 Å². The second kappa shape index (κ2) is 9.03. The minimum absolute atomic E-state index is 0.154. The fourth-order valence-corrected chi connectivity index (χ4v) is 2.35. The van der Waals surface area contributed by atoms with Crippen molar-refractivity contribution in [1.82, 2.24) is 5.32 Å². The van der Waals surface area contributed by atoms with Crippen molar-refractivity contribution in [2.75, 3.05) is 12.4 Å². The zero-order chi connectivity index (χ0) is 18.2. The molecule has 2 aromatic carbocycles. The number of nitrogens with one attached hydrogen (secondary N) is 2. The molecule has 0 atom stereocenters. The Bertz CT molecular complexity index is 730. The van der Waals surface area contributed by atoms with Crippen LogP contribution in [0.1, 0.15) is 29.8 Å². The second-order valence-corrected chi connectivity index (χ2v) is 6.10. The number of hydrogen-bond acceptors (Lipinski definition) is 4. The molecule has 0 aliphatic carbocycles. The normalized spacial score (nSPS) is 10.2. The number of esters is 1. The molecular formula is C19H22N2O3S. The average Bonchev–Trinajstić information content (AvgIpc) is 2.60. The SMILES string of the molecule is COC(=O)c1cccc(NC(=S)NCc2ccc(OC(C)C)cc2)c1. The lowest BCUT2D eigenvalue weighted by molar-refractivity contribution is 0.0601. The fourth-order valence-electron chi connectivity index (χ4n) is 2.16. The van der Waals surface area contributed by atoms with Gasteiger partial charge in [0.1, 0.15) is 5.75 Å². The molecule has 0 radical (unpaired) electrons. The molecule has 0 amide bonds. The van der Waals surface area contributed by atoms with Gasteiger partial charge in [0.2, 0.25) is 0 Å². The fraction of sp³-hybridized carbons (Fsp3) is 0.263. The first-order valence-electron chi connectivity index (χ1n) is 7.96. The molecule has 0 aromatic heterocycles. The topological polar surface area (TPSA) is 59.6 Å². The van der Waals surface area contributed by atoms with Crippen molar-refractivity contribution in [2.24, 2.45) is 0 Å². The average molecular weight is 358 g/mol. The Hall–Kier alpha value is -2.60. The molecule has 0 aliphatic heterocycles. The minimum Gasteiger partial charge on any atom is -0.491 e. The highest BCUT2D eigenvalue weighted by Gasteiger charge is 2.06. The quantitative estimate of drug-likeness (QED) is 0.606. The summed E-state index contributed by atoms with van der Waals surface area (Å²) in [4.78, 5) is 11.5. The van der Waals surface area contributed by atoms with E-state index in [0.29, 0.717) is 17.2 Å². The lowest BCUT2D eigenvalue weighted by Gasteiger charge is -2.12. The predicted octanol–water partition coefficient (Wildman–Crippen LogP) is 3.75. The lowest BCUT2D eigenvalue weighted by atomic mass is 10.2. The minimum atomic E-state index is -0.383. The van der Waals surface area contributed by atoms with E-state index in [1.807, 2.05) is 44.2 Å². The summed E-state index contributed by atoms with van der Waals surface area (Å²) in [7, 11) is 1.35. The standard InChI is InChI=1S/C19H22N2O3S/c1-13(2)24-17-9-7-14(8-10-17)12-20-19(25)21-16-6-4-5-15(11-16)18(22)23-3/h4-11,13H,12H2,1-3H3,(H2,20,21,25). The van der Waals surface area contributed by atoms with E-state index in [4.69, 9.17) is 21.7 Å². The van der Waals surface area contributed by atoms with Gasteiger partial charge in [-0.3, -0.25) is 0 Å². The summed E-state index contributed by atoms with van der Waals surface area (Å²) in [6.45, 7) is 4.58. The molecule has 2 rings (SSSR count). The largest absolute Gasteiger partial charge is 0.491 e. The van der Waals surface area contributed by atoms with Gasteiger partial charge in [-0.2, -0.15) is 0 Å². The van der Waals surface area contributed by atoms with E-state index >= 15 is 0 Å². The molecular weight excluding hydrogens is 336 g/mol. The van der Waals surface area contributed by atoms with E-state index in [2.05, 4.69) is 10.6 Å². The Morgan fingerprint density at radius 1 is 1.16 bits per heavy atom. The summed E-state index contributed by atoms with van der Waals surface area (Å²) in [6, 6.07) is 14.8. The summed E-state index contributed by atoms with van der Waals surface area (Å²) in [5.74, 6) is 0.463. The van der Waals surface area contributed by atoms with Gasteiger partial charge in [0.25, 0.3) is 0 Å². The summed E-state index contributed by atoms with van der Waals surface area (Å²) in [5.41, 5.74) is 2.28. The number of hydrogen-bond donors (Lipinski definition) is 2. The summed E-state index contributed by atoms with van der Waals surface area (Å²) in [5, 5.41) is 6.67. The van der Waals surface area contributed by atoms with Crippen LogP contribution in [0.4, 0.5) is 5.69 Å². The number of carbonyl (C=O) groups excluding carboxylic acids is 1. The Balaban J connectivity index is 1.87. The van der Waals surface area contributed by atoms with Gasteiger partial charge in [-0.1, -0.05) is 18.2 Å². The van der Waals surface area contributed by atoms with Crippen LogP contribution in [0.25, 0.3) is 0 Å². The van der Waals surface area contributed by atoms with Crippen LogP contribution in [-0.4, -0.2) is 24.3 Å². The Morgan fingerprint density at radius 3 is 2.52 bits per heavy atom. The number of carbonyl (C=O) groups is 1. The number of thiocarbonyl (C=S) groups is 1. The van der Waals surface area contributed by atoms with Crippen LogP contribution >= 0.6 is 12.2 Å². The van der Waals surface area contributed by atoms with Gasteiger partial charge in [0.15, 0.2) is 5.11 Å². The molecule has 0 aliphatic rings. The van der Waals surface area contributed by atoms with Crippen molar-refractivity contribution in [3.05, 3.63) is 59.7 Å². The first kappa shape index (κ1) is 18.7. The van der Waals surface area contributed by atoms with Gasteiger partial charge in [-0.05, 0) is 62.0 Å². The van der Waals surface area contributed by atoms with E-state index in [1.54, 1.807) is 18.2 Å². The zero-order valence-electron chi connectivity index (χ0n) is 14.5. The Labute approximate surface area is 153 Å². The van der Waals surface area contributed by atoms with Gasteiger partial charge in [-0.15, -0.1) is 0 Å². The number of rotatable bonds is 6. The van der Waals surface area contributed by atoms with Crippen molar-refractivity contribution in [1.29, 1.82) is 0 Å². The highest BCUT2D eigenvalue weighted by atomic mass is 32.1. The van der Waals surface area contributed by atoms with Gasteiger partial charge < -0.3 is 20.1 Å². The molecule has 0 heterocycles. The highest BCUT2D eigenvalue weighted by molar-refractivity contribution is 7.80. The number of anilines is 1. The predicted molar refractivity (Wildman–Crippen MR) is 103 cm³/mol. The molecule has 0 fully saturated rings. The van der Waals surface area contributed by atoms with Gasteiger partial charge in [-0.25, -0.2) is 4.79 Å². The van der Waals surface area contributed by atoms with Crippen LogP contribution in [-0.2, 0) is 11.3 Å². The third-order valence-electron chi connectivity index (χ3n) is 3.29. The van der Waals surface area contributed by atoms with E-state index in [-0.39, 0.29) is 12.1 Å². The van der Waals surface area contributed by atoms with Crippen LogP contribution in [0, 0.1) is 0 Å². The van der Waals surface area contributed by atoms with Crippen molar-refractivity contribution < 1.29 is 14.3 Å². The maximum atomic E-state index is 11.5. The smallest absolute Gasteiger partial charge is 0.337 e. The second-order valence-electron chi connectivity index (χ2n) is 5.69. The van der Waals surface area contributed by atoms with Crippen molar-refractivity contribution in [3.63, 3.8) is 0 Å². The summed E-state index contributed by atoms with van der Waals surface area (Å²) < 4.78 is 10.3. The Morgan fingerprint density at radius 2 is 1.88 bits per heavy atom. The molecule has 0 saturated heterocycles. The third kappa shape index (κ3) is 6.08. The lowest BCUT2D eigenvalue weighted by Crippen LogP contribution is -2.27. The highest BCUT2D eigenvalue weighted by Crippen LogP contribution is 2.14. The van der Waals surface area contributed by atoms with E-state index in [1.165, 1.54) is 7.11 Å². The molecule has 0 spiro atoms. The molecule has 6 heteroatoms. The van der Waals surface area contributed by atoms with Crippen LogP contribution < -0.4 is 15.4 Å². The van der Waals surface area contributed by atoms with Gasteiger partial charge >= 0.3 is 5.97 Å². The molecule has 2 aromatic rings. The van der Waals surface area contributed by atoms with E-state index < -0.39 is 0 Å². The number of methoxy groups -OCH3 is 1. The van der Waals surface area contributed by atoms with Crippen molar-refractivity contribution in [2.45, 2.75) is 26.5 Å².